The lowest BCUT2D eigenvalue weighted by molar-refractivity contribution is -0.144. The van der Waals surface area contributed by atoms with Crippen molar-refractivity contribution in [2.24, 2.45) is 5.73 Å². The molecule has 19 heavy (non-hydrogen) atoms. The van der Waals surface area contributed by atoms with Crippen LogP contribution in [-0.2, 0) is 9.53 Å². The van der Waals surface area contributed by atoms with Crippen molar-refractivity contribution in [1.29, 1.82) is 0 Å². The molecule has 0 aliphatic heterocycles. The fourth-order valence-electron chi connectivity index (χ4n) is 1.88. The van der Waals surface area contributed by atoms with Crippen LogP contribution < -0.4 is 5.73 Å². The van der Waals surface area contributed by atoms with Crippen molar-refractivity contribution in [3.63, 3.8) is 0 Å². The van der Waals surface area contributed by atoms with E-state index in [1.807, 2.05) is 54.6 Å². The van der Waals surface area contributed by atoms with Crippen molar-refractivity contribution in [1.82, 2.24) is 0 Å². The van der Waals surface area contributed by atoms with Gasteiger partial charge in [0.15, 0.2) is 0 Å². The molecule has 98 valence electrons. The third-order valence-corrected chi connectivity index (χ3v) is 2.92. The molecular weight excluding hydrogens is 238 g/mol. The topological polar surface area (TPSA) is 52.3 Å². The van der Waals surface area contributed by atoms with Crippen molar-refractivity contribution in [2.45, 2.75) is 13.0 Å². The standard InChI is InChI=1S/C16H17NO2/c1-2-19-16(18)15(17)14-10-8-13(9-11-14)12-6-4-3-5-7-12/h3-11,15H,2,17H2,1H3. The number of ether oxygens (including phenoxy) is 1. The highest BCUT2D eigenvalue weighted by atomic mass is 16.5. The largest absolute Gasteiger partial charge is 0.465 e. The van der Waals surface area contributed by atoms with E-state index in [9.17, 15) is 4.79 Å². The molecule has 0 heterocycles. The zero-order valence-corrected chi connectivity index (χ0v) is 10.9. The lowest BCUT2D eigenvalue weighted by Crippen LogP contribution is -2.23. The van der Waals surface area contributed by atoms with E-state index in [1.165, 1.54) is 0 Å². The number of rotatable bonds is 4. The van der Waals surface area contributed by atoms with E-state index in [0.717, 1.165) is 16.7 Å². The SMILES string of the molecule is CCOC(=O)C(N)c1ccc(-c2ccccc2)cc1. The van der Waals surface area contributed by atoms with Gasteiger partial charge in [0, 0.05) is 0 Å². The summed E-state index contributed by atoms with van der Waals surface area (Å²) in [6, 6.07) is 17.0. The summed E-state index contributed by atoms with van der Waals surface area (Å²) in [5.41, 5.74) is 8.84. The number of nitrogens with two attached hydrogens (primary N) is 1. The highest BCUT2D eigenvalue weighted by Crippen LogP contribution is 2.21. The molecular formula is C16H17NO2. The zero-order chi connectivity index (χ0) is 13.7. The van der Waals surface area contributed by atoms with Crippen molar-refractivity contribution in [3.05, 3.63) is 60.2 Å². The molecule has 0 amide bonds. The normalized spacial score (nSPS) is 11.9. The first-order valence-electron chi connectivity index (χ1n) is 6.30. The van der Waals surface area contributed by atoms with Crippen LogP contribution in [0.2, 0.25) is 0 Å². The zero-order valence-electron chi connectivity index (χ0n) is 10.9. The highest BCUT2D eigenvalue weighted by molar-refractivity contribution is 5.77. The highest BCUT2D eigenvalue weighted by Gasteiger charge is 2.16. The molecule has 1 unspecified atom stereocenters. The second-order valence-corrected chi connectivity index (χ2v) is 4.22. The fourth-order valence-corrected chi connectivity index (χ4v) is 1.88. The van der Waals surface area contributed by atoms with E-state index in [-0.39, 0.29) is 0 Å². The van der Waals surface area contributed by atoms with Crippen molar-refractivity contribution in [3.8, 4) is 11.1 Å². The molecule has 0 radical (unpaired) electrons. The molecule has 0 aliphatic rings. The average Bonchev–Trinajstić information content (AvgIpc) is 2.48. The second kappa shape index (κ2) is 6.16. The van der Waals surface area contributed by atoms with Crippen molar-refractivity contribution >= 4 is 5.97 Å². The van der Waals surface area contributed by atoms with Gasteiger partial charge in [-0.15, -0.1) is 0 Å². The molecule has 2 aromatic rings. The molecule has 0 aromatic heterocycles. The van der Waals surface area contributed by atoms with Crippen LogP contribution in [0.4, 0.5) is 0 Å². The molecule has 0 saturated heterocycles. The first-order valence-corrected chi connectivity index (χ1v) is 6.30. The van der Waals surface area contributed by atoms with Crippen LogP contribution in [0.1, 0.15) is 18.5 Å². The van der Waals surface area contributed by atoms with Gasteiger partial charge >= 0.3 is 5.97 Å². The summed E-state index contributed by atoms with van der Waals surface area (Å²) in [7, 11) is 0. The van der Waals surface area contributed by atoms with Crippen LogP contribution in [0.3, 0.4) is 0 Å². The van der Waals surface area contributed by atoms with Crippen LogP contribution in [0, 0.1) is 0 Å². The number of esters is 1. The Morgan fingerprint density at radius 1 is 1.05 bits per heavy atom. The summed E-state index contributed by atoms with van der Waals surface area (Å²) < 4.78 is 4.91. The first kappa shape index (κ1) is 13.3. The molecule has 0 aliphatic carbocycles. The Balaban J connectivity index is 2.17. The predicted molar refractivity (Wildman–Crippen MR) is 75.4 cm³/mol. The molecule has 0 bridgehead atoms. The summed E-state index contributed by atoms with van der Waals surface area (Å²) in [6.45, 7) is 2.11. The number of hydrogen-bond donors (Lipinski definition) is 1. The van der Waals surface area contributed by atoms with E-state index < -0.39 is 12.0 Å². The minimum Gasteiger partial charge on any atom is -0.465 e. The van der Waals surface area contributed by atoms with Crippen molar-refractivity contribution in [2.75, 3.05) is 6.61 Å². The third-order valence-electron chi connectivity index (χ3n) is 2.92. The molecule has 0 fully saturated rings. The molecule has 1 atom stereocenters. The van der Waals surface area contributed by atoms with Gasteiger partial charge in [-0.3, -0.25) is 0 Å². The van der Waals surface area contributed by atoms with E-state index >= 15 is 0 Å². The first-order chi connectivity index (χ1) is 9.22. The summed E-state index contributed by atoms with van der Waals surface area (Å²) in [5.74, 6) is -0.394. The smallest absolute Gasteiger partial charge is 0.327 e. The van der Waals surface area contributed by atoms with E-state index in [2.05, 4.69) is 0 Å². The third kappa shape index (κ3) is 3.20. The summed E-state index contributed by atoms with van der Waals surface area (Å²) in [4.78, 5) is 11.6. The van der Waals surface area contributed by atoms with E-state index in [4.69, 9.17) is 10.5 Å². The van der Waals surface area contributed by atoms with Gasteiger partial charge in [0.05, 0.1) is 6.61 Å². The summed E-state index contributed by atoms with van der Waals surface area (Å²) in [6.07, 6.45) is 0. The molecule has 2 N–H and O–H groups in total. The van der Waals surface area contributed by atoms with Gasteiger partial charge in [-0.2, -0.15) is 0 Å². The minimum absolute atomic E-state index is 0.342. The molecule has 3 nitrogen and oxygen atoms in total. The van der Waals surface area contributed by atoms with Crippen LogP contribution >= 0.6 is 0 Å². The van der Waals surface area contributed by atoms with Crippen LogP contribution in [0.25, 0.3) is 11.1 Å². The molecule has 3 heteroatoms. The maximum atomic E-state index is 11.6. The Kier molecular flexibility index (Phi) is 4.31. The maximum Gasteiger partial charge on any atom is 0.327 e. The lowest BCUT2D eigenvalue weighted by atomic mass is 10.0. The Labute approximate surface area is 113 Å². The summed E-state index contributed by atoms with van der Waals surface area (Å²) in [5, 5.41) is 0. The van der Waals surface area contributed by atoms with Gasteiger partial charge in [0.25, 0.3) is 0 Å². The van der Waals surface area contributed by atoms with Gasteiger partial charge < -0.3 is 10.5 Å². The van der Waals surface area contributed by atoms with Crippen molar-refractivity contribution < 1.29 is 9.53 Å². The molecule has 0 spiro atoms. The van der Waals surface area contributed by atoms with Crippen LogP contribution in [0.5, 0.6) is 0 Å². The maximum absolute atomic E-state index is 11.6. The number of benzene rings is 2. The predicted octanol–water partition coefficient (Wildman–Crippen LogP) is 2.92. The Bertz CT molecular complexity index is 534. The van der Waals surface area contributed by atoms with E-state index in [0.29, 0.717) is 6.61 Å². The number of hydrogen-bond acceptors (Lipinski definition) is 3. The Hall–Kier alpha value is -2.13. The molecule has 2 aromatic carbocycles. The van der Waals surface area contributed by atoms with Gasteiger partial charge in [-0.1, -0.05) is 54.6 Å². The Morgan fingerprint density at radius 2 is 1.63 bits per heavy atom. The lowest BCUT2D eigenvalue weighted by Gasteiger charge is -2.11. The Morgan fingerprint density at radius 3 is 2.21 bits per heavy atom. The quantitative estimate of drug-likeness (QED) is 0.855. The van der Waals surface area contributed by atoms with Gasteiger partial charge in [-0.05, 0) is 23.6 Å². The monoisotopic (exact) mass is 255 g/mol. The molecule has 2 rings (SSSR count). The number of carbonyl (C=O) groups excluding carboxylic acids is 1. The summed E-state index contributed by atoms with van der Waals surface area (Å²) >= 11 is 0. The fraction of sp³-hybridized carbons (Fsp3) is 0.188. The van der Waals surface area contributed by atoms with Gasteiger partial charge in [0.1, 0.15) is 6.04 Å². The second-order valence-electron chi connectivity index (χ2n) is 4.22. The van der Waals surface area contributed by atoms with Crippen LogP contribution in [-0.4, -0.2) is 12.6 Å². The average molecular weight is 255 g/mol. The van der Waals surface area contributed by atoms with Gasteiger partial charge in [0.2, 0.25) is 0 Å². The van der Waals surface area contributed by atoms with Crippen LogP contribution in [0.15, 0.2) is 54.6 Å². The molecule has 0 saturated carbocycles. The minimum atomic E-state index is -0.718. The van der Waals surface area contributed by atoms with E-state index in [1.54, 1.807) is 6.92 Å². The number of carbonyl (C=O) groups is 1. The van der Waals surface area contributed by atoms with Gasteiger partial charge in [-0.25, -0.2) is 4.79 Å².